The van der Waals surface area contributed by atoms with Crippen LogP contribution in [-0.4, -0.2) is 18.7 Å². The van der Waals surface area contributed by atoms with Gasteiger partial charge in [-0.2, -0.15) is 5.10 Å². The molecule has 0 radical (unpaired) electrons. The topological polar surface area (TPSA) is 50.7 Å². The van der Waals surface area contributed by atoms with Crippen molar-refractivity contribution in [3.8, 4) is 5.75 Å². The van der Waals surface area contributed by atoms with Crippen molar-refractivity contribution in [3.63, 3.8) is 0 Å². The van der Waals surface area contributed by atoms with Crippen LogP contribution in [0.4, 0.5) is 4.39 Å². The molecule has 0 unspecified atom stereocenters. The minimum atomic E-state index is -0.537. The molecule has 4 nitrogen and oxygen atoms in total. The minimum Gasteiger partial charge on any atom is -0.481 e. The summed E-state index contributed by atoms with van der Waals surface area (Å²) >= 11 is 11.8. The van der Waals surface area contributed by atoms with Crippen molar-refractivity contribution in [2.75, 3.05) is 6.61 Å². The van der Waals surface area contributed by atoms with Gasteiger partial charge >= 0.3 is 0 Å². The van der Waals surface area contributed by atoms with Gasteiger partial charge in [-0.3, -0.25) is 4.79 Å². The quantitative estimate of drug-likeness (QED) is 0.667. The number of ether oxygens (including phenoxy) is 1. The lowest BCUT2D eigenvalue weighted by atomic mass is 10.2. The van der Waals surface area contributed by atoms with E-state index in [2.05, 4.69) is 10.5 Å². The van der Waals surface area contributed by atoms with Gasteiger partial charge in [-0.25, -0.2) is 9.82 Å². The predicted molar refractivity (Wildman–Crippen MR) is 84.1 cm³/mol. The first kappa shape index (κ1) is 16.3. The highest BCUT2D eigenvalue weighted by Crippen LogP contribution is 2.24. The molecule has 0 bridgehead atoms. The van der Waals surface area contributed by atoms with Gasteiger partial charge in [-0.05, 0) is 18.2 Å². The number of carbonyl (C=O) groups excluding carboxylic acids is 1. The Balaban J connectivity index is 1.86. The molecule has 0 spiro atoms. The molecule has 0 saturated heterocycles. The molecule has 0 atom stereocenters. The fourth-order valence-corrected chi connectivity index (χ4v) is 1.89. The highest BCUT2D eigenvalue weighted by atomic mass is 35.5. The molecule has 0 aromatic heterocycles. The van der Waals surface area contributed by atoms with Crippen molar-refractivity contribution in [1.82, 2.24) is 5.43 Å². The summed E-state index contributed by atoms with van der Waals surface area (Å²) in [5.41, 5.74) is 2.81. The largest absolute Gasteiger partial charge is 0.481 e. The number of rotatable bonds is 5. The van der Waals surface area contributed by atoms with Crippen molar-refractivity contribution < 1.29 is 13.9 Å². The molecule has 0 aliphatic carbocycles. The molecule has 1 amide bonds. The summed E-state index contributed by atoms with van der Waals surface area (Å²) in [5, 5.41) is 4.46. The Morgan fingerprint density at radius 2 is 2.00 bits per heavy atom. The maximum Gasteiger partial charge on any atom is 0.277 e. The Kier molecular flexibility index (Phi) is 5.75. The van der Waals surface area contributed by atoms with Crippen LogP contribution in [0.5, 0.6) is 5.75 Å². The second-order valence-electron chi connectivity index (χ2n) is 4.16. The van der Waals surface area contributed by atoms with Gasteiger partial charge < -0.3 is 4.74 Å². The zero-order valence-electron chi connectivity index (χ0n) is 11.2. The Labute approximate surface area is 136 Å². The van der Waals surface area contributed by atoms with Gasteiger partial charge in [0.15, 0.2) is 18.2 Å². The minimum absolute atomic E-state index is 0.000449. The van der Waals surface area contributed by atoms with Crippen LogP contribution in [0.2, 0.25) is 10.0 Å². The van der Waals surface area contributed by atoms with Crippen molar-refractivity contribution in [1.29, 1.82) is 0 Å². The zero-order valence-corrected chi connectivity index (χ0v) is 12.7. The number of halogens is 3. The van der Waals surface area contributed by atoms with Crippen LogP contribution >= 0.6 is 23.2 Å². The number of amides is 1. The number of hydrogen-bond donors (Lipinski definition) is 1. The van der Waals surface area contributed by atoms with E-state index >= 15 is 0 Å². The number of carbonyl (C=O) groups is 1. The van der Waals surface area contributed by atoms with Crippen LogP contribution in [-0.2, 0) is 4.79 Å². The van der Waals surface area contributed by atoms with Gasteiger partial charge in [0.2, 0.25) is 0 Å². The Bertz CT molecular complexity index is 708. The summed E-state index contributed by atoms with van der Waals surface area (Å²) in [5.74, 6) is -1.07. The number of hydrazone groups is 1. The third kappa shape index (κ3) is 4.44. The van der Waals surface area contributed by atoms with Gasteiger partial charge in [-0.15, -0.1) is 0 Å². The van der Waals surface area contributed by atoms with Gasteiger partial charge in [0, 0.05) is 5.56 Å². The molecule has 0 saturated carbocycles. The van der Waals surface area contributed by atoms with Crippen molar-refractivity contribution in [3.05, 3.63) is 63.9 Å². The van der Waals surface area contributed by atoms with Gasteiger partial charge in [0.25, 0.3) is 5.91 Å². The van der Waals surface area contributed by atoms with Crippen molar-refractivity contribution in [2.24, 2.45) is 5.10 Å². The van der Waals surface area contributed by atoms with Crippen LogP contribution in [0, 0.1) is 5.82 Å². The first-order valence-electron chi connectivity index (χ1n) is 6.21. The molecule has 2 rings (SSSR count). The predicted octanol–water partition coefficient (Wildman–Crippen LogP) is 3.66. The molecule has 0 fully saturated rings. The van der Waals surface area contributed by atoms with E-state index < -0.39 is 11.7 Å². The zero-order chi connectivity index (χ0) is 15.9. The average Bonchev–Trinajstić information content (AvgIpc) is 2.51. The molecular formula is C15H11Cl2FN2O2. The summed E-state index contributed by atoms with van der Waals surface area (Å²) in [6.45, 7) is -0.360. The molecule has 2 aromatic carbocycles. The Hall–Kier alpha value is -2.11. The Morgan fingerprint density at radius 1 is 1.23 bits per heavy atom. The smallest absolute Gasteiger partial charge is 0.277 e. The second-order valence-corrected chi connectivity index (χ2v) is 4.94. The standard InChI is InChI=1S/C15H11Cl2FN2O2/c16-11-5-3-4-10(15(11)17)8-19-20-14(21)9-22-13-7-2-1-6-12(13)18/h1-8H,9H2,(H,20,21)/b19-8+. The summed E-state index contributed by atoms with van der Waals surface area (Å²) in [6.07, 6.45) is 1.36. The van der Waals surface area contributed by atoms with Crippen LogP contribution < -0.4 is 10.2 Å². The monoisotopic (exact) mass is 340 g/mol. The number of nitrogens with one attached hydrogen (secondary N) is 1. The third-order valence-electron chi connectivity index (χ3n) is 2.57. The molecule has 22 heavy (non-hydrogen) atoms. The van der Waals surface area contributed by atoms with E-state index in [0.29, 0.717) is 15.6 Å². The molecular weight excluding hydrogens is 330 g/mol. The lowest BCUT2D eigenvalue weighted by Gasteiger charge is -2.05. The van der Waals surface area contributed by atoms with E-state index in [-0.39, 0.29) is 12.4 Å². The summed E-state index contributed by atoms with van der Waals surface area (Å²) in [7, 11) is 0. The molecule has 114 valence electrons. The maximum absolute atomic E-state index is 13.3. The van der Waals surface area contributed by atoms with Gasteiger partial charge in [0.1, 0.15) is 0 Å². The normalized spacial score (nSPS) is 10.7. The highest BCUT2D eigenvalue weighted by molar-refractivity contribution is 6.43. The van der Waals surface area contributed by atoms with E-state index in [4.69, 9.17) is 27.9 Å². The van der Waals surface area contributed by atoms with Crippen LogP contribution in [0.3, 0.4) is 0 Å². The first-order valence-corrected chi connectivity index (χ1v) is 6.97. The lowest BCUT2D eigenvalue weighted by Crippen LogP contribution is -2.24. The van der Waals surface area contributed by atoms with E-state index in [9.17, 15) is 9.18 Å². The fourth-order valence-electron chi connectivity index (χ4n) is 1.53. The lowest BCUT2D eigenvalue weighted by molar-refractivity contribution is -0.123. The number of hydrogen-bond acceptors (Lipinski definition) is 3. The average molecular weight is 341 g/mol. The summed E-state index contributed by atoms with van der Waals surface area (Å²) in [4.78, 5) is 11.5. The highest BCUT2D eigenvalue weighted by Gasteiger charge is 2.05. The molecule has 0 heterocycles. The maximum atomic E-state index is 13.3. The van der Waals surface area contributed by atoms with E-state index in [1.807, 2.05) is 0 Å². The van der Waals surface area contributed by atoms with E-state index in [1.165, 1.54) is 24.4 Å². The molecule has 0 aliphatic rings. The van der Waals surface area contributed by atoms with E-state index in [1.54, 1.807) is 24.3 Å². The van der Waals surface area contributed by atoms with E-state index in [0.717, 1.165) is 0 Å². The Morgan fingerprint density at radius 3 is 2.77 bits per heavy atom. The molecule has 0 aliphatic heterocycles. The number of para-hydroxylation sites is 1. The first-order chi connectivity index (χ1) is 10.6. The summed E-state index contributed by atoms with van der Waals surface area (Å²) < 4.78 is 18.3. The number of nitrogens with zero attached hydrogens (tertiary/aromatic N) is 1. The second kappa shape index (κ2) is 7.77. The van der Waals surface area contributed by atoms with Gasteiger partial charge in [0.05, 0.1) is 16.3 Å². The van der Waals surface area contributed by atoms with Crippen LogP contribution in [0.1, 0.15) is 5.56 Å². The van der Waals surface area contributed by atoms with Crippen LogP contribution in [0.25, 0.3) is 0 Å². The number of benzene rings is 2. The van der Waals surface area contributed by atoms with Crippen molar-refractivity contribution >= 4 is 35.3 Å². The van der Waals surface area contributed by atoms with Crippen molar-refractivity contribution in [2.45, 2.75) is 0 Å². The third-order valence-corrected chi connectivity index (χ3v) is 3.40. The summed E-state index contributed by atoms with van der Waals surface area (Å²) in [6, 6.07) is 10.8. The molecule has 2 aromatic rings. The van der Waals surface area contributed by atoms with Crippen LogP contribution in [0.15, 0.2) is 47.6 Å². The molecule has 7 heteroatoms. The fraction of sp³-hybridized carbons (Fsp3) is 0.0667. The molecule has 1 N–H and O–H groups in total. The van der Waals surface area contributed by atoms with Gasteiger partial charge in [-0.1, -0.05) is 47.5 Å². The SMILES string of the molecule is O=C(COc1ccccc1F)N/N=C/c1cccc(Cl)c1Cl.